The normalized spacial score (nSPS) is 18.1. The summed E-state index contributed by atoms with van der Waals surface area (Å²) in [5.74, 6) is -2.66. The van der Waals surface area contributed by atoms with Gasteiger partial charge in [0.15, 0.2) is 0 Å². The number of hydrogen-bond donors (Lipinski definition) is 0. The van der Waals surface area contributed by atoms with E-state index in [9.17, 15) is 9.59 Å². The number of para-hydroxylation sites is 2. The van der Waals surface area contributed by atoms with Gasteiger partial charge in [-0.05, 0) is 53.1 Å². The largest absolute Gasteiger partial charge is 0.272 e. The van der Waals surface area contributed by atoms with E-state index >= 15 is 0 Å². The average molecular weight is 595 g/mol. The summed E-state index contributed by atoms with van der Waals surface area (Å²) in [6, 6.07) is 45.5. The van der Waals surface area contributed by atoms with E-state index in [1.165, 1.54) is 10.0 Å². The molecule has 214 valence electrons. The minimum atomic E-state index is -0.794. The molecule has 7 heteroatoms. The van der Waals surface area contributed by atoms with E-state index in [1.807, 2.05) is 133 Å². The quantitative estimate of drug-likeness (QED) is 0.195. The summed E-state index contributed by atoms with van der Waals surface area (Å²) in [5, 5.41) is 13.4. The molecular weight excluding hydrogens is 568 g/mol. The minimum absolute atomic E-state index is 0.214. The van der Waals surface area contributed by atoms with Crippen molar-refractivity contribution in [3.8, 4) is 0 Å². The first-order chi connectivity index (χ1) is 21.6. The number of hydrogen-bond acceptors (Lipinski definition) is 4. The zero-order valence-corrected chi connectivity index (χ0v) is 24.3. The Morgan fingerprint density at radius 2 is 0.864 bits per heavy atom. The van der Waals surface area contributed by atoms with Crippen LogP contribution in [-0.2, 0) is 9.59 Å². The molecule has 0 saturated carbocycles. The summed E-state index contributed by atoms with van der Waals surface area (Å²) in [4.78, 5) is 29.3. The fraction of sp³-hybridized carbons (Fsp3) is 0.0811. The number of carbonyl (C=O) groups excluding carboxylic acids is 2. The molecule has 0 aliphatic carbocycles. The van der Waals surface area contributed by atoms with Crippen LogP contribution in [0, 0.1) is 11.8 Å². The highest BCUT2D eigenvalue weighted by atomic mass is 35.5. The third-order valence-electron chi connectivity index (χ3n) is 8.07. The van der Waals surface area contributed by atoms with Gasteiger partial charge in [0, 0.05) is 10.9 Å². The van der Waals surface area contributed by atoms with Gasteiger partial charge in [-0.1, -0.05) is 121 Å². The highest BCUT2D eigenvalue weighted by Crippen LogP contribution is 2.45. The van der Waals surface area contributed by atoms with Crippen molar-refractivity contribution in [1.82, 2.24) is 0 Å². The van der Waals surface area contributed by atoms with Crippen LogP contribution in [0.15, 0.2) is 156 Å². The molecule has 0 saturated heterocycles. The first-order valence-corrected chi connectivity index (χ1v) is 14.8. The zero-order chi connectivity index (χ0) is 30.0. The number of benzene rings is 5. The number of anilines is 2. The molecule has 7 rings (SSSR count). The van der Waals surface area contributed by atoms with Gasteiger partial charge < -0.3 is 0 Å². The van der Waals surface area contributed by atoms with Gasteiger partial charge in [-0.2, -0.15) is 20.2 Å². The van der Waals surface area contributed by atoms with Crippen molar-refractivity contribution >= 4 is 46.2 Å². The first-order valence-electron chi connectivity index (χ1n) is 14.4. The van der Waals surface area contributed by atoms with E-state index in [4.69, 9.17) is 21.8 Å². The summed E-state index contributed by atoms with van der Waals surface area (Å²) in [5.41, 5.74) is 4.92. The number of hydrazone groups is 2. The van der Waals surface area contributed by atoms with Gasteiger partial charge in [-0.15, -0.1) is 0 Å². The topological polar surface area (TPSA) is 65.3 Å². The molecule has 2 aliphatic rings. The lowest BCUT2D eigenvalue weighted by Gasteiger charge is -2.30. The fourth-order valence-corrected chi connectivity index (χ4v) is 6.17. The molecule has 0 N–H and O–H groups in total. The van der Waals surface area contributed by atoms with Crippen LogP contribution in [-0.4, -0.2) is 23.2 Å². The van der Waals surface area contributed by atoms with Gasteiger partial charge in [-0.25, -0.2) is 0 Å². The monoisotopic (exact) mass is 594 g/mol. The maximum absolute atomic E-state index is 14.6. The lowest BCUT2D eigenvalue weighted by molar-refractivity contribution is -0.122. The SMILES string of the molecule is O=C1[C@H](C(c2ccc(Cl)cc2)[C@H]2C(=O)N(c3ccccc3)N=C2c2ccccc2)C(c2ccccc2)=NN1c1ccccc1. The Morgan fingerprint density at radius 1 is 0.500 bits per heavy atom. The number of carbonyl (C=O) groups is 2. The molecule has 6 nitrogen and oxygen atoms in total. The second-order valence-electron chi connectivity index (χ2n) is 10.7. The lowest BCUT2D eigenvalue weighted by Crippen LogP contribution is -2.41. The van der Waals surface area contributed by atoms with E-state index in [-0.39, 0.29) is 11.8 Å². The van der Waals surface area contributed by atoms with Crippen LogP contribution in [0.1, 0.15) is 22.6 Å². The number of amides is 2. The Labute approximate surface area is 260 Å². The van der Waals surface area contributed by atoms with Gasteiger partial charge in [0.05, 0.1) is 34.6 Å². The van der Waals surface area contributed by atoms with Crippen molar-refractivity contribution in [1.29, 1.82) is 0 Å². The van der Waals surface area contributed by atoms with Crippen molar-refractivity contribution < 1.29 is 9.59 Å². The second kappa shape index (κ2) is 11.7. The maximum Gasteiger partial charge on any atom is 0.257 e. The average Bonchev–Trinajstić information content (AvgIpc) is 3.61. The highest BCUT2D eigenvalue weighted by molar-refractivity contribution is 6.30. The van der Waals surface area contributed by atoms with Crippen LogP contribution in [0.5, 0.6) is 0 Å². The van der Waals surface area contributed by atoms with Crippen LogP contribution in [0.4, 0.5) is 11.4 Å². The minimum Gasteiger partial charge on any atom is -0.272 e. The molecule has 2 aliphatic heterocycles. The molecule has 0 radical (unpaired) electrons. The van der Waals surface area contributed by atoms with Gasteiger partial charge in [-0.3, -0.25) is 9.59 Å². The standard InChI is InChI=1S/C37H27ClN4O2/c38-28-23-21-25(22-24-28)31(32-34(26-13-5-1-6-14-26)39-41(36(32)43)29-17-9-3-10-18-29)33-35(27-15-7-2-8-16-27)40-42(37(33)44)30-19-11-4-12-20-30/h1-24,31-33H/t32-,33-/m1/s1. The summed E-state index contributed by atoms with van der Waals surface area (Å²) in [6.07, 6.45) is 0. The predicted octanol–water partition coefficient (Wildman–Crippen LogP) is 7.56. The molecule has 5 aromatic carbocycles. The van der Waals surface area contributed by atoms with Crippen molar-refractivity contribution in [2.75, 3.05) is 10.0 Å². The van der Waals surface area contributed by atoms with E-state index in [1.54, 1.807) is 12.1 Å². The van der Waals surface area contributed by atoms with Crippen LogP contribution in [0.2, 0.25) is 5.02 Å². The molecule has 44 heavy (non-hydrogen) atoms. The van der Waals surface area contributed by atoms with Gasteiger partial charge in [0.1, 0.15) is 0 Å². The predicted molar refractivity (Wildman–Crippen MR) is 175 cm³/mol. The van der Waals surface area contributed by atoms with Crippen molar-refractivity contribution in [2.45, 2.75) is 5.92 Å². The Morgan fingerprint density at radius 3 is 1.25 bits per heavy atom. The molecule has 2 heterocycles. The van der Waals surface area contributed by atoms with Crippen molar-refractivity contribution in [2.24, 2.45) is 22.0 Å². The first kappa shape index (κ1) is 27.5. The molecule has 0 unspecified atom stereocenters. The lowest BCUT2D eigenvalue weighted by atomic mass is 9.70. The zero-order valence-electron chi connectivity index (χ0n) is 23.6. The van der Waals surface area contributed by atoms with E-state index in [2.05, 4.69) is 0 Å². The molecule has 2 amide bonds. The smallest absolute Gasteiger partial charge is 0.257 e. The Kier molecular flexibility index (Phi) is 7.34. The molecule has 0 aromatic heterocycles. The van der Waals surface area contributed by atoms with E-state index < -0.39 is 17.8 Å². The Hall–Kier alpha value is -5.33. The maximum atomic E-state index is 14.6. The second-order valence-corrected chi connectivity index (χ2v) is 11.1. The summed E-state index contributed by atoms with van der Waals surface area (Å²) < 4.78 is 0. The Balaban J connectivity index is 1.44. The van der Waals surface area contributed by atoms with Crippen molar-refractivity contribution in [3.63, 3.8) is 0 Å². The number of nitrogens with zero attached hydrogens (tertiary/aromatic N) is 4. The van der Waals surface area contributed by atoms with Gasteiger partial charge in [0.2, 0.25) is 0 Å². The van der Waals surface area contributed by atoms with Crippen LogP contribution >= 0.6 is 11.6 Å². The molecule has 2 atom stereocenters. The molecule has 0 bridgehead atoms. The molecular formula is C37H27ClN4O2. The molecule has 0 spiro atoms. The Bertz CT molecular complexity index is 1740. The molecule has 0 fully saturated rings. The van der Waals surface area contributed by atoms with Crippen LogP contribution < -0.4 is 10.0 Å². The number of halogens is 1. The van der Waals surface area contributed by atoms with Gasteiger partial charge in [0.25, 0.3) is 11.8 Å². The highest BCUT2D eigenvalue weighted by Gasteiger charge is 2.52. The van der Waals surface area contributed by atoms with E-state index in [0.29, 0.717) is 27.8 Å². The molecule has 5 aromatic rings. The number of rotatable bonds is 7. The van der Waals surface area contributed by atoms with Gasteiger partial charge >= 0.3 is 0 Å². The third kappa shape index (κ3) is 4.99. The van der Waals surface area contributed by atoms with Crippen molar-refractivity contribution in [3.05, 3.63) is 167 Å². The van der Waals surface area contributed by atoms with Crippen LogP contribution in [0.3, 0.4) is 0 Å². The van der Waals surface area contributed by atoms with Crippen LogP contribution in [0.25, 0.3) is 0 Å². The van der Waals surface area contributed by atoms with E-state index in [0.717, 1.165) is 16.7 Å². The fourth-order valence-electron chi connectivity index (χ4n) is 6.05. The summed E-state index contributed by atoms with van der Waals surface area (Å²) in [6.45, 7) is 0. The summed E-state index contributed by atoms with van der Waals surface area (Å²) >= 11 is 6.35. The third-order valence-corrected chi connectivity index (χ3v) is 8.32. The summed E-state index contributed by atoms with van der Waals surface area (Å²) in [7, 11) is 0.